The Balaban J connectivity index is 1.46. The first-order chi connectivity index (χ1) is 17.6. The Bertz CT molecular complexity index is 1520. The predicted octanol–water partition coefficient (Wildman–Crippen LogP) is 6.93. The van der Waals surface area contributed by atoms with E-state index >= 15 is 0 Å². The Hall–Kier alpha value is -4.48. The molecule has 6 heteroatoms. The van der Waals surface area contributed by atoms with Crippen molar-refractivity contribution < 1.29 is 4.79 Å². The van der Waals surface area contributed by atoms with E-state index in [4.69, 9.17) is 11.6 Å². The molecule has 4 aromatic carbocycles. The van der Waals surface area contributed by atoms with E-state index in [2.05, 4.69) is 52.0 Å². The van der Waals surface area contributed by atoms with Gasteiger partial charge in [-0.2, -0.15) is 10.2 Å². The molecule has 0 radical (unpaired) electrons. The van der Waals surface area contributed by atoms with Gasteiger partial charge in [0, 0.05) is 10.6 Å². The summed E-state index contributed by atoms with van der Waals surface area (Å²) in [7, 11) is 0. The number of nitrogens with zero attached hydrogens (tertiary/aromatic N) is 3. The maximum absolute atomic E-state index is 12.9. The minimum atomic E-state index is -0.394. The number of hydrogen-bond acceptors (Lipinski definition) is 3. The van der Waals surface area contributed by atoms with Gasteiger partial charge in [-0.1, -0.05) is 96.5 Å². The molecule has 5 rings (SSSR count). The third-order valence-electron chi connectivity index (χ3n) is 5.82. The fraction of sp³-hybridized carbons (Fsp3) is 0.0333. The fourth-order valence-electron chi connectivity index (χ4n) is 3.92. The van der Waals surface area contributed by atoms with Gasteiger partial charge in [0.25, 0.3) is 5.91 Å². The van der Waals surface area contributed by atoms with E-state index in [0.29, 0.717) is 5.02 Å². The molecule has 0 spiro atoms. The average Bonchev–Trinajstić information content (AvgIpc) is 3.36. The van der Waals surface area contributed by atoms with Crippen molar-refractivity contribution in [2.75, 3.05) is 0 Å². The molecule has 0 fully saturated rings. The van der Waals surface area contributed by atoms with E-state index in [1.807, 2.05) is 66.2 Å². The zero-order valence-corrected chi connectivity index (χ0v) is 20.4. The van der Waals surface area contributed by atoms with Crippen LogP contribution in [0.25, 0.3) is 28.1 Å². The first kappa shape index (κ1) is 23.3. The zero-order chi connectivity index (χ0) is 24.9. The first-order valence-electron chi connectivity index (χ1n) is 11.5. The lowest BCUT2D eigenvalue weighted by Gasteiger charge is -2.11. The highest BCUT2D eigenvalue weighted by Gasteiger charge is 2.17. The summed E-state index contributed by atoms with van der Waals surface area (Å²) < 4.78 is 1.81. The Morgan fingerprint density at radius 1 is 0.833 bits per heavy atom. The van der Waals surface area contributed by atoms with E-state index in [9.17, 15) is 4.79 Å². The largest absolute Gasteiger partial charge is 0.291 e. The van der Waals surface area contributed by atoms with Crippen molar-refractivity contribution in [3.05, 3.63) is 131 Å². The van der Waals surface area contributed by atoms with E-state index < -0.39 is 5.91 Å². The van der Waals surface area contributed by atoms with Crippen LogP contribution < -0.4 is 5.43 Å². The van der Waals surface area contributed by atoms with Crippen LogP contribution in [0.15, 0.2) is 114 Å². The first-order valence-corrected chi connectivity index (χ1v) is 11.9. The number of aromatic nitrogens is 2. The van der Waals surface area contributed by atoms with Crippen LogP contribution in [0.1, 0.15) is 21.6 Å². The molecule has 176 valence electrons. The molecule has 1 amide bonds. The van der Waals surface area contributed by atoms with Crippen LogP contribution in [0, 0.1) is 6.92 Å². The van der Waals surface area contributed by atoms with Crippen LogP contribution in [0.2, 0.25) is 5.02 Å². The van der Waals surface area contributed by atoms with Crippen molar-refractivity contribution >= 4 is 23.7 Å². The van der Waals surface area contributed by atoms with Crippen LogP contribution in [0.5, 0.6) is 0 Å². The smallest absolute Gasteiger partial charge is 0.265 e. The van der Waals surface area contributed by atoms with E-state index in [1.165, 1.54) is 0 Å². The molecule has 1 aromatic heterocycles. The summed E-state index contributed by atoms with van der Waals surface area (Å²) >= 11 is 5.92. The molecule has 0 aliphatic heterocycles. The molecule has 0 aliphatic carbocycles. The Kier molecular flexibility index (Phi) is 6.74. The second-order valence-electron chi connectivity index (χ2n) is 8.31. The molecule has 1 heterocycles. The van der Waals surface area contributed by atoms with E-state index in [-0.39, 0.29) is 5.69 Å². The molecule has 0 unspecified atom stereocenters. The topological polar surface area (TPSA) is 59.3 Å². The molecule has 1 N–H and O–H groups in total. The minimum absolute atomic E-state index is 0.272. The number of carbonyl (C=O) groups excluding carboxylic acids is 1. The molecular weight excluding hydrogens is 468 g/mol. The highest BCUT2D eigenvalue weighted by molar-refractivity contribution is 6.30. The lowest BCUT2D eigenvalue weighted by atomic mass is 10.0. The number of benzene rings is 4. The predicted molar refractivity (Wildman–Crippen MR) is 146 cm³/mol. The van der Waals surface area contributed by atoms with Crippen LogP contribution in [-0.4, -0.2) is 21.9 Å². The summed E-state index contributed by atoms with van der Waals surface area (Å²) in [5, 5.41) is 9.37. The van der Waals surface area contributed by atoms with Crippen molar-refractivity contribution in [1.29, 1.82) is 0 Å². The highest BCUT2D eigenvalue weighted by atomic mass is 35.5. The van der Waals surface area contributed by atoms with Gasteiger partial charge in [-0.25, -0.2) is 10.1 Å². The normalized spacial score (nSPS) is 11.1. The fourth-order valence-corrected chi connectivity index (χ4v) is 4.04. The summed E-state index contributed by atoms with van der Waals surface area (Å²) in [5.41, 5.74) is 9.66. The maximum Gasteiger partial charge on any atom is 0.291 e. The van der Waals surface area contributed by atoms with Gasteiger partial charge in [0.2, 0.25) is 0 Å². The van der Waals surface area contributed by atoms with Gasteiger partial charge >= 0.3 is 0 Å². The van der Waals surface area contributed by atoms with E-state index in [1.54, 1.807) is 24.4 Å². The molecule has 0 saturated heterocycles. The standard InChI is InChI=1S/C30H23ClN4O/c1-21-7-5-6-10-28(21)35-29(25-15-13-24(14-16-25)23-8-3-2-4-9-23)19-27(34-35)30(36)33-32-20-22-11-17-26(31)18-12-22/h2-20H,1H3,(H,33,36)/b32-20-. The Labute approximate surface area is 214 Å². The van der Waals surface area contributed by atoms with Crippen molar-refractivity contribution in [3.63, 3.8) is 0 Å². The average molecular weight is 491 g/mol. The molecule has 5 nitrogen and oxygen atoms in total. The van der Waals surface area contributed by atoms with Crippen molar-refractivity contribution in [2.24, 2.45) is 5.10 Å². The van der Waals surface area contributed by atoms with Gasteiger partial charge < -0.3 is 0 Å². The number of para-hydroxylation sites is 1. The van der Waals surface area contributed by atoms with Crippen molar-refractivity contribution in [1.82, 2.24) is 15.2 Å². The maximum atomic E-state index is 12.9. The van der Waals surface area contributed by atoms with Gasteiger partial charge in [-0.3, -0.25) is 4.79 Å². The van der Waals surface area contributed by atoms with Crippen molar-refractivity contribution in [2.45, 2.75) is 6.92 Å². The zero-order valence-electron chi connectivity index (χ0n) is 19.6. The SMILES string of the molecule is Cc1ccccc1-n1nc(C(=O)N/N=C\c2ccc(Cl)cc2)cc1-c1ccc(-c2ccccc2)cc1. The number of aryl methyl sites for hydroxylation is 1. The molecule has 36 heavy (non-hydrogen) atoms. The van der Waals surface area contributed by atoms with Crippen LogP contribution in [0.4, 0.5) is 0 Å². The number of carbonyl (C=O) groups is 1. The van der Waals surface area contributed by atoms with Gasteiger partial charge in [-0.15, -0.1) is 0 Å². The van der Waals surface area contributed by atoms with Gasteiger partial charge in [0.15, 0.2) is 5.69 Å². The summed E-state index contributed by atoms with van der Waals surface area (Å²) in [4.78, 5) is 12.9. The summed E-state index contributed by atoms with van der Waals surface area (Å²) in [6.45, 7) is 2.02. The summed E-state index contributed by atoms with van der Waals surface area (Å²) in [6, 6.07) is 35.4. The molecule has 0 bridgehead atoms. The summed E-state index contributed by atoms with van der Waals surface area (Å²) in [6.07, 6.45) is 1.57. The number of amides is 1. The molecule has 5 aromatic rings. The molecular formula is C30H23ClN4O. The van der Waals surface area contributed by atoms with Crippen LogP contribution in [-0.2, 0) is 0 Å². The van der Waals surface area contributed by atoms with Gasteiger partial charge in [0.05, 0.1) is 17.6 Å². The highest BCUT2D eigenvalue weighted by Crippen LogP contribution is 2.28. The molecule has 0 aliphatic rings. The Morgan fingerprint density at radius 2 is 1.47 bits per heavy atom. The van der Waals surface area contributed by atoms with Crippen molar-refractivity contribution in [3.8, 4) is 28.1 Å². The third-order valence-corrected chi connectivity index (χ3v) is 6.08. The third kappa shape index (κ3) is 5.11. The lowest BCUT2D eigenvalue weighted by molar-refractivity contribution is 0.0949. The van der Waals surface area contributed by atoms with Gasteiger partial charge in [-0.05, 0) is 53.4 Å². The molecule has 0 saturated carbocycles. The number of hydrogen-bond donors (Lipinski definition) is 1. The quantitative estimate of drug-likeness (QED) is 0.207. The number of nitrogens with one attached hydrogen (secondary N) is 1. The number of halogens is 1. The van der Waals surface area contributed by atoms with Crippen LogP contribution >= 0.6 is 11.6 Å². The second-order valence-corrected chi connectivity index (χ2v) is 8.74. The lowest BCUT2D eigenvalue weighted by Crippen LogP contribution is -2.18. The molecule has 0 atom stereocenters. The second kappa shape index (κ2) is 10.4. The van der Waals surface area contributed by atoms with Gasteiger partial charge in [0.1, 0.15) is 0 Å². The van der Waals surface area contributed by atoms with Crippen LogP contribution in [0.3, 0.4) is 0 Å². The Morgan fingerprint density at radius 3 is 2.19 bits per heavy atom. The summed E-state index contributed by atoms with van der Waals surface area (Å²) in [5.74, 6) is -0.394. The number of rotatable bonds is 6. The number of hydrazone groups is 1. The monoisotopic (exact) mass is 490 g/mol. The minimum Gasteiger partial charge on any atom is -0.265 e. The van der Waals surface area contributed by atoms with E-state index in [0.717, 1.165) is 39.2 Å².